The van der Waals surface area contributed by atoms with Crippen molar-refractivity contribution >= 4 is 20.4 Å². The Kier molecular flexibility index (Phi) is 7.29. The molecule has 134 valence electrons. The van der Waals surface area contributed by atoms with E-state index in [1.807, 2.05) is 13.1 Å². The van der Waals surface area contributed by atoms with Crippen molar-refractivity contribution in [2.75, 3.05) is 6.61 Å². The molecule has 0 fully saturated rings. The highest BCUT2D eigenvalue weighted by Gasteiger charge is 2.40. The second-order valence-corrected chi connectivity index (χ2v) is 11.9. The molecule has 0 aliphatic heterocycles. The third-order valence-corrected chi connectivity index (χ3v) is 8.67. The topological polar surface area (TPSA) is 48.4 Å². The van der Waals surface area contributed by atoms with Gasteiger partial charge < -0.3 is 9.16 Å². The summed E-state index contributed by atoms with van der Waals surface area (Å²) in [6.07, 6.45) is 1.81. The van der Waals surface area contributed by atoms with Crippen molar-refractivity contribution in [1.82, 2.24) is 4.98 Å². The first-order chi connectivity index (χ1) is 11.1. The number of carbonyl (C=O) groups is 1. The molecule has 6 heteroatoms. The van der Waals surface area contributed by atoms with Gasteiger partial charge in [-0.05, 0) is 43.3 Å². The zero-order valence-corrected chi connectivity index (χ0v) is 16.4. The van der Waals surface area contributed by atoms with E-state index in [0.29, 0.717) is 5.69 Å². The Labute approximate surface area is 145 Å². The molecule has 0 amide bonds. The summed E-state index contributed by atoms with van der Waals surface area (Å²) in [4.78, 5) is 15.9. The number of pyridine rings is 1. The molecule has 1 atom stereocenters. The number of nitrogens with zero attached hydrogens (tertiary/aromatic N) is 1. The molecule has 0 unspecified atom stereocenters. The van der Waals surface area contributed by atoms with Crippen LogP contribution in [0.5, 0.6) is 0 Å². The first-order valence-corrected chi connectivity index (χ1v) is 11.1. The second kappa shape index (κ2) is 8.53. The number of carbonyl (C=O) groups excluding carboxylic acids is 1. The molecule has 0 aliphatic carbocycles. The number of ether oxygens (including phenoxy) is 1. The summed E-state index contributed by atoms with van der Waals surface area (Å²) in [6.45, 7) is 12.3. The Bertz CT molecular complexity index is 567. The molecule has 0 saturated heterocycles. The molecule has 1 aromatic heterocycles. The van der Waals surface area contributed by atoms with E-state index in [4.69, 9.17) is 9.16 Å². The van der Waals surface area contributed by atoms with Gasteiger partial charge in [0.1, 0.15) is 11.9 Å². The fraction of sp³-hybridized carbons (Fsp3) is 0.556. The lowest BCUT2D eigenvalue weighted by molar-refractivity contribution is -0.144. The van der Waals surface area contributed by atoms with Gasteiger partial charge in [-0.3, -0.25) is 9.78 Å². The fourth-order valence-corrected chi connectivity index (χ4v) is 3.06. The zero-order chi connectivity index (χ0) is 18.4. The summed E-state index contributed by atoms with van der Waals surface area (Å²) < 4.78 is 25.9. The van der Waals surface area contributed by atoms with Crippen LogP contribution in [0.25, 0.3) is 6.08 Å². The van der Waals surface area contributed by atoms with Gasteiger partial charge in [0.15, 0.2) is 8.32 Å². The van der Waals surface area contributed by atoms with Gasteiger partial charge in [0, 0.05) is 6.20 Å². The van der Waals surface area contributed by atoms with Crippen LogP contribution in [0.15, 0.2) is 30.2 Å². The largest absolute Gasteiger partial charge is 0.466 e. The van der Waals surface area contributed by atoms with Crippen LogP contribution in [0, 0.1) is 0 Å². The monoisotopic (exact) mass is 353 g/mol. The summed E-state index contributed by atoms with van der Waals surface area (Å²) in [5, 5.41) is -0.0921. The molecule has 1 rings (SSSR count). The molecule has 0 N–H and O–H groups in total. The van der Waals surface area contributed by atoms with Crippen LogP contribution in [0.4, 0.5) is 4.39 Å². The van der Waals surface area contributed by atoms with Crippen molar-refractivity contribution in [2.45, 2.75) is 58.4 Å². The number of hydrogen-bond acceptors (Lipinski definition) is 4. The van der Waals surface area contributed by atoms with E-state index < -0.39 is 26.2 Å². The summed E-state index contributed by atoms with van der Waals surface area (Å²) in [6, 6.07) is 5.24. The minimum absolute atomic E-state index is 0.0921. The maximum Gasteiger partial charge on any atom is 0.308 e. The van der Waals surface area contributed by atoms with Crippen LogP contribution in [0.2, 0.25) is 18.1 Å². The molecule has 0 saturated carbocycles. The number of hydrogen-bond donors (Lipinski definition) is 0. The number of rotatable bonds is 7. The third kappa shape index (κ3) is 6.17. The van der Waals surface area contributed by atoms with Gasteiger partial charge in [-0.25, -0.2) is 4.39 Å². The van der Waals surface area contributed by atoms with Crippen molar-refractivity contribution < 1.29 is 18.3 Å². The van der Waals surface area contributed by atoms with Crippen molar-refractivity contribution in [2.24, 2.45) is 0 Å². The van der Waals surface area contributed by atoms with E-state index in [1.165, 1.54) is 6.08 Å². The molecule has 0 aromatic carbocycles. The van der Waals surface area contributed by atoms with Crippen LogP contribution in [-0.2, 0) is 14.0 Å². The van der Waals surface area contributed by atoms with E-state index in [-0.39, 0.29) is 18.1 Å². The predicted octanol–water partition coefficient (Wildman–Crippen LogP) is 4.74. The molecular formula is C18H28FNO3Si. The van der Waals surface area contributed by atoms with E-state index in [1.54, 1.807) is 31.3 Å². The summed E-state index contributed by atoms with van der Waals surface area (Å²) in [7, 11) is -2.25. The predicted molar refractivity (Wildman–Crippen MR) is 96.6 cm³/mol. The van der Waals surface area contributed by atoms with E-state index in [0.717, 1.165) is 0 Å². The first kappa shape index (κ1) is 20.5. The highest BCUT2D eigenvalue weighted by molar-refractivity contribution is 6.74. The summed E-state index contributed by atoms with van der Waals surface area (Å²) in [5.41, 5.74) is 0.489. The van der Waals surface area contributed by atoms with Gasteiger partial charge >= 0.3 is 5.97 Å². The molecule has 4 nitrogen and oxygen atoms in total. The molecule has 24 heavy (non-hydrogen) atoms. The highest BCUT2D eigenvalue weighted by Crippen LogP contribution is 2.38. The van der Waals surface area contributed by atoms with Crippen LogP contribution in [0.1, 0.15) is 39.8 Å². The lowest BCUT2D eigenvalue weighted by atomic mass is 10.2. The van der Waals surface area contributed by atoms with E-state index >= 15 is 0 Å². The Morgan fingerprint density at radius 1 is 1.38 bits per heavy atom. The van der Waals surface area contributed by atoms with Gasteiger partial charge in [-0.2, -0.15) is 0 Å². The Balaban J connectivity index is 3.04. The molecule has 0 radical (unpaired) electrons. The average molecular weight is 354 g/mol. The summed E-state index contributed by atoms with van der Waals surface area (Å²) >= 11 is 0. The van der Waals surface area contributed by atoms with E-state index in [9.17, 15) is 9.18 Å². The molecule has 0 spiro atoms. The first-order valence-electron chi connectivity index (χ1n) is 8.18. The quantitative estimate of drug-likeness (QED) is 0.525. The van der Waals surface area contributed by atoms with Crippen molar-refractivity contribution in [3.8, 4) is 0 Å². The van der Waals surface area contributed by atoms with Crippen LogP contribution < -0.4 is 0 Å². The van der Waals surface area contributed by atoms with Crippen molar-refractivity contribution in [3.63, 3.8) is 0 Å². The SMILES string of the molecule is CCOC(=O)C[C@H](O[Si](C)(C)C(C)(C)C)C(F)=Cc1ccccn1. The number of esters is 1. The van der Waals surface area contributed by atoms with Gasteiger partial charge in [0.2, 0.25) is 0 Å². The van der Waals surface area contributed by atoms with Crippen molar-refractivity contribution in [1.29, 1.82) is 0 Å². The number of halogens is 1. The molecule has 1 aromatic rings. The van der Waals surface area contributed by atoms with Gasteiger partial charge in [0.05, 0.1) is 18.7 Å². The second-order valence-electron chi connectivity index (χ2n) is 7.16. The average Bonchev–Trinajstić information content (AvgIpc) is 2.46. The highest BCUT2D eigenvalue weighted by atomic mass is 28.4. The zero-order valence-electron chi connectivity index (χ0n) is 15.4. The van der Waals surface area contributed by atoms with Crippen molar-refractivity contribution in [3.05, 3.63) is 35.9 Å². The third-order valence-electron chi connectivity index (χ3n) is 4.18. The molecular weight excluding hydrogens is 325 g/mol. The van der Waals surface area contributed by atoms with Gasteiger partial charge in [-0.1, -0.05) is 26.8 Å². The minimum Gasteiger partial charge on any atom is -0.466 e. The fourth-order valence-electron chi connectivity index (χ4n) is 1.79. The Morgan fingerprint density at radius 3 is 2.54 bits per heavy atom. The van der Waals surface area contributed by atoms with E-state index in [2.05, 4.69) is 25.8 Å². The Morgan fingerprint density at radius 2 is 2.04 bits per heavy atom. The van der Waals surface area contributed by atoms with Gasteiger partial charge in [-0.15, -0.1) is 0 Å². The van der Waals surface area contributed by atoms with Crippen LogP contribution >= 0.6 is 0 Å². The lowest BCUT2D eigenvalue weighted by Crippen LogP contribution is -2.44. The standard InChI is InChI=1S/C18H28FNO3Si/c1-7-22-17(21)13-16(23-24(5,6)18(2,3)4)15(19)12-14-10-8-9-11-20-14/h8-12,16H,7,13H2,1-6H3/t16-/m0/s1. The normalized spacial score (nSPS) is 14.4. The maximum absolute atomic E-state index is 14.8. The lowest BCUT2D eigenvalue weighted by Gasteiger charge is -2.38. The van der Waals surface area contributed by atoms with Crippen LogP contribution in [0.3, 0.4) is 0 Å². The summed E-state index contributed by atoms with van der Waals surface area (Å²) in [5.74, 6) is -0.975. The molecule has 0 aliphatic rings. The minimum atomic E-state index is -2.25. The van der Waals surface area contributed by atoms with Crippen LogP contribution in [-0.4, -0.2) is 32.0 Å². The molecule has 1 heterocycles. The number of aromatic nitrogens is 1. The maximum atomic E-state index is 14.8. The Hall–Kier alpha value is -1.53. The smallest absolute Gasteiger partial charge is 0.308 e. The van der Waals surface area contributed by atoms with Gasteiger partial charge in [0.25, 0.3) is 0 Å². The molecule has 0 bridgehead atoms.